The lowest BCUT2D eigenvalue weighted by molar-refractivity contribution is 0.379. The molecule has 2 rings (SSSR count). The molecule has 0 aromatic carbocycles. The van der Waals surface area contributed by atoms with Crippen molar-refractivity contribution in [3.05, 3.63) is 48.1 Å². The lowest BCUT2D eigenvalue weighted by Gasteiger charge is -2.23. The summed E-state index contributed by atoms with van der Waals surface area (Å²) in [6.45, 7) is 11.3. The average Bonchev–Trinajstić information content (AvgIpc) is 2.91. The number of nitrogens with zero attached hydrogens (tertiary/aromatic N) is 2. The highest BCUT2D eigenvalue weighted by Crippen LogP contribution is 2.12. The minimum absolute atomic E-state index is 1.06. The van der Waals surface area contributed by atoms with E-state index in [0.717, 1.165) is 26.2 Å². The van der Waals surface area contributed by atoms with E-state index in [-0.39, 0.29) is 0 Å². The van der Waals surface area contributed by atoms with Crippen LogP contribution in [0.15, 0.2) is 48.1 Å². The van der Waals surface area contributed by atoms with Gasteiger partial charge in [0.1, 0.15) is 0 Å². The van der Waals surface area contributed by atoms with Gasteiger partial charge < -0.3 is 20.4 Å². The molecule has 0 aromatic heterocycles. The Morgan fingerprint density at radius 1 is 0.528 bits per heavy atom. The molecule has 0 bridgehead atoms. The van der Waals surface area contributed by atoms with Crippen LogP contribution in [0.1, 0.15) is 117 Å². The smallest absolute Gasteiger partial charge is 0.0376 e. The van der Waals surface area contributed by atoms with Crippen molar-refractivity contribution in [2.75, 3.05) is 39.3 Å². The predicted molar refractivity (Wildman–Crippen MR) is 159 cm³/mol. The van der Waals surface area contributed by atoms with Gasteiger partial charge in [0.15, 0.2) is 0 Å². The van der Waals surface area contributed by atoms with Gasteiger partial charge in [0.2, 0.25) is 0 Å². The molecule has 4 heteroatoms. The minimum Gasteiger partial charge on any atom is -0.385 e. The molecule has 2 heterocycles. The molecule has 0 saturated carbocycles. The van der Waals surface area contributed by atoms with E-state index in [1.54, 1.807) is 0 Å². The van der Waals surface area contributed by atoms with Crippen molar-refractivity contribution < 1.29 is 0 Å². The maximum Gasteiger partial charge on any atom is 0.0376 e. The van der Waals surface area contributed by atoms with Gasteiger partial charge in [-0.2, -0.15) is 0 Å². The summed E-state index contributed by atoms with van der Waals surface area (Å²) in [5, 5.41) is 7.18. The van der Waals surface area contributed by atoms with Crippen LogP contribution < -0.4 is 10.6 Å². The van der Waals surface area contributed by atoms with Crippen LogP contribution in [0.4, 0.5) is 0 Å². The molecule has 0 amide bonds. The van der Waals surface area contributed by atoms with Crippen LogP contribution in [0.3, 0.4) is 0 Å². The largest absolute Gasteiger partial charge is 0.385 e. The molecule has 0 aromatic rings. The van der Waals surface area contributed by atoms with E-state index >= 15 is 0 Å². The first-order chi connectivity index (χ1) is 17.8. The van der Waals surface area contributed by atoms with Crippen LogP contribution in [0.25, 0.3) is 0 Å². The molecule has 206 valence electrons. The molecule has 0 radical (unpaired) electrons. The van der Waals surface area contributed by atoms with E-state index in [1.807, 2.05) is 0 Å². The van der Waals surface area contributed by atoms with Crippen LogP contribution >= 0.6 is 0 Å². The standard InChI is InChI=1S/C32H58N4/c1-3-5-7-11-15-23-33-31-19-27-35(28-20-31)25-17-13-9-10-14-18-26-36-29-21-32(22-30-36)34-24-16-12-8-6-4-2/h19-22,27,29,33-34H,3-18,23-26,28,30H2,1-2H3. The Morgan fingerprint density at radius 3 is 1.31 bits per heavy atom. The number of hydrogen-bond acceptors (Lipinski definition) is 4. The highest BCUT2D eigenvalue weighted by Gasteiger charge is 2.06. The highest BCUT2D eigenvalue weighted by atomic mass is 15.1. The summed E-state index contributed by atoms with van der Waals surface area (Å²) in [5.74, 6) is 0. The first-order valence-electron chi connectivity index (χ1n) is 15.5. The summed E-state index contributed by atoms with van der Waals surface area (Å²) in [7, 11) is 0. The van der Waals surface area contributed by atoms with Gasteiger partial charge in [0.25, 0.3) is 0 Å². The second-order valence-corrected chi connectivity index (χ2v) is 10.7. The number of nitrogens with one attached hydrogen (secondary N) is 2. The Kier molecular flexibility index (Phi) is 17.9. The number of hydrogen-bond donors (Lipinski definition) is 2. The lowest BCUT2D eigenvalue weighted by atomic mass is 10.1. The van der Waals surface area contributed by atoms with Gasteiger partial charge in [-0.05, 0) is 50.0 Å². The summed E-state index contributed by atoms with van der Waals surface area (Å²) >= 11 is 0. The maximum atomic E-state index is 3.59. The van der Waals surface area contributed by atoms with E-state index in [0.29, 0.717) is 0 Å². The van der Waals surface area contributed by atoms with Gasteiger partial charge in [-0.1, -0.05) is 90.9 Å². The molecule has 2 aliphatic heterocycles. The lowest BCUT2D eigenvalue weighted by Crippen LogP contribution is -2.25. The summed E-state index contributed by atoms with van der Waals surface area (Å²) < 4.78 is 0. The molecular formula is C32H58N4. The zero-order chi connectivity index (χ0) is 25.5. The second-order valence-electron chi connectivity index (χ2n) is 10.7. The van der Waals surface area contributed by atoms with Gasteiger partial charge in [-0.3, -0.25) is 0 Å². The van der Waals surface area contributed by atoms with Crippen molar-refractivity contribution in [1.29, 1.82) is 0 Å². The quantitative estimate of drug-likeness (QED) is 0.140. The number of rotatable bonds is 23. The fourth-order valence-electron chi connectivity index (χ4n) is 4.91. The topological polar surface area (TPSA) is 30.5 Å². The average molecular weight is 499 g/mol. The summed E-state index contributed by atoms with van der Waals surface area (Å²) in [4.78, 5) is 4.91. The van der Waals surface area contributed by atoms with Crippen LogP contribution in [-0.4, -0.2) is 49.1 Å². The number of allylic oxidation sites excluding steroid dienone is 2. The summed E-state index contributed by atoms with van der Waals surface area (Å²) in [6.07, 6.45) is 35.3. The zero-order valence-corrected chi connectivity index (χ0v) is 23.9. The molecule has 0 unspecified atom stereocenters. The van der Waals surface area contributed by atoms with Gasteiger partial charge in [-0.15, -0.1) is 0 Å². The first kappa shape index (κ1) is 30.4. The van der Waals surface area contributed by atoms with Crippen molar-refractivity contribution in [3.8, 4) is 0 Å². The van der Waals surface area contributed by atoms with Crippen LogP contribution in [0.5, 0.6) is 0 Å². The Balaban J connectivity index is 1.36. The van der Waals surface area contributed by atoms with Crippen molar-refractivity contribution in [2.24, 2.45) is 0 Å². The van der Waals surface area contributed by atoms with Gasteiger partial charge in [-0.25, -0.2) is 0 Å². The molecule has 0 spiro atoms. The summed E-state index contributed by atoms with van der Waals surface area (Å²) in [6, 6.07) is 0. The Morgan fingerprint density at radius 2 is 0.917 bits per heavy atom. The zero-order valence-electron chi connectivity index (χ0n) is 23.9. The summed E-state index contributed by atoms with van der Waals surface area (Å²) in [5.41, 5.74) is 2.62. The maximum absolute atomic E-state index is 3.59. The second kappa shape index (κ2) is 21.3. The Bertz CT molecular complexity index is 593. The van der Waals surface area contributed by atoms with E-state index in [9.17, 15) is 0 Å². The van der Waals surface area contributed by atoms with E-state index in [2.05, 4.69) is 71.0 Å². The van der Waals surface area contributed by atoms with Crippen molar-refractivity contribution in [1.82, 2.24) is 20.4 Å². The predicted octanol–water partition coefficient (Wildman–Crippen LogP) is 7.87. The van der Waals surface area contributed by atoms with Crippen LogP contribution in [-0.2, 0) is 0 Å². The molecule has 4 nitrogen and oxygen atoms in total. The van der Waals surface area contributed by atoms with Crippen molar-refractivity contribution in [3.63, 3.8) is 0 Å². The van der Waals surface area contributed by atoms with E-state index < -0.39 is 0 Å². The third-order valence-corrected chi connectivity index (χ3v) is 7.38. The third kappa shape index (κ3) is 15.3. The SMILES string of the molecule is CCCCCCCNC1=CCN(CCCCCCCCN2C=CC(NCCCCCCC)=CC2)C=C1. The van der Waals surface area contributed by atoms with Crippen molar-refractivity contribution >= 4 is 0 Å². The fourth-order valence-corrected chi connectivity index (χ4v) is 4.91. The fraction of sp³-hybridized carbons (Fsp3) is 0.750. The Hall–Kier alpha value is -1.84. The minimum atomic E-state index is 1.06. The van der Waals surface area contributed by atoms with Gasteiger partial charge >= 0.3 is 0 Å². The molecule has 0 fully saturated rings. The molecule has 2 aliphatic rings. The molecule has 2 N–H and O–H groups in total. The van der Waals surface area contributed by atoms with Crippen LogP contribution in [0, 0.1) is 0 Å². The molecule has 0 atom stereocenters. The highest BCUT2D eigenvalue weighted by molar-refractivity contribution is 5.21. The monoisotopic (exact) mass is 498 g/mol. The van der Waals surface area contributed by atoms with Crippen LogP contribution in [0.2, 0.25) is 0 Å². The molecule has 36 heavy (non-hydrogen) atoms. The molecule has 0 saturated heterocycles. The van der Waals surface area contributed by atoms with Gasteiger partial charge in [0.05, 0.1) is 0 Å². The molecular weight excluding hydrogens is 440 g/mol. The molecule has 0 aliphatic carbocycles. The Labute approximate surface area is 224 Å². The van der Waals surface area contributed by atoms with E-state index in [4.69, 9.17) is 0 Å². The third-order valence-electron chi connectivity index (χ3n) is 7.38. The van der Waals surface area contributed by atoms with E-state index in [1.165, 1.54) is 127 Å². The van der Waals surface area contributed by atoms with Gasteiger partial charge in [0, 0.05) is 63.1 Å². The normalized spacial score (nSPS) is 15.3. The first-order valence-corrected chi connectivity index (χ1v) is 15.5. The number of unbranched alkanes of at least 4 members (excludes halogenated alkanes) is 13. The van der Waals surface area contributed by atoms with Crippen molar-refractivity contribution in [2.45, 2.75) is 117 Å².